The highest BCUT2D eigenvalue weighted by Crippen LogP contribution is 2.15. The highest BCUT2D eigenvalue weighted by molar-refractivity contribution is 6.30. The largest absolute Gasteiger partial charge is 0.492 e. The molecule has 0 aliphatic rings. The van der Waals surface area contributed by atoms with Crippen molar-refractivity contribution >= 4 is 23.5 Å². The Morgan fingerprint density at radius 2 is 1.88 bits per heavy atom. The number of nitrogens with one attached hydrogen (secondary N) is 1. The standard InChI is InChI=1S/C17H15ClFNO4/c18-12-6-7-15(19)14(10-12)17(22)24-11-16(21)20-8-9-23-13-4-2-1-3-5-13/h1-7,10H,8-9,11H2,(H,20,21). The summed E-state index contributed by atoms with van der Waals surface area (Å²) < 4.78 is 23.6. The maximum atomic E-state index is 13.5. The van der Waals surface area contributed by atoms with Gasteiger partial charge in [0.1, 0.15) is 18.2 Å². The summed E-state index contributed by atoms with van der Waals surface area (Å²) >= 11 is 5.69. The molecular weight excluding hydrogens is 337 g/mol. The van der Waals surface area contributed by atoms with Crippen LogP contribution in [0.3, 0.4) is 0 Å². The fraction of sp³-hybridized carbons (Fsp3) is 0.176. The van der Waals surface area contributed by atoms with Crippen molar-refractivity contribution in [3.8, 4) is 5.75 Å². The first-order chi connectivity index (χ1) is 11.6. The van der Waals surface area contributed by atoms with E-state index < -0.39 is 24.3 Å². The van der Waals surface area contributed by atoms with Gasteiger partial charge in [-0.05, 0) is 30.3 Å². The van der Waals surface area contributed by atoms with E-state index in [2.05, 4.69) is 5.32 Å². The van der Waals surface area contributed by atoms with Gasteiger partial charge in [-0.3, -0.25) is 4.79 Å². The van der Waals surface area contributed by atoms with Gasteiger partial charge in [-0.1, -0.05) is 29.8 Å². The van der Waals surface area contributed by atoms with Gasteiger partial charge in [0, 0.05) is 5.02 Å². The minimum Gasteiger partial charge on any atom is -0.492 e. The molecule has 2 aromatic carbocycles. The summed E-state index contributed by atoms with van der Waals surface area (Å²) in [5, 5.41) is 2.72. The lowest BCUT2D eigenvalue weighted by Gasteiger charge is -2.08. The van der Waals surface area contributed by atoms with Crippen molar-refractivity contribution in [2.24, 2.45) is 0 Å². The summed E-state index contributed by atoms with van der Waals surface area (Å²) in [5.74, 6) is -1.54. The van der Waals surface area contributed by atoms with E-state index in [-0.39, 0.29) is 23.7 Å². The van der Waals surface area contributed by atoms with Crippen LogP contribution in [0.1, 0.15) is 10.4 Å². The van der Waals surface area contributed by atoms with Gasteiger partial charge in [-0.15, -0.1) is 0 Å². The number of hydrogen-bond acceptors (Lipinski definition) is 4. The van der Waals surface area contributed by atoms with Crippen molar-refractivity contribution in [2.45, 2.75) is 0 Å². The Morgan fingerprint density at radius 3 is 2.62 bits per heavy atom. The number of ether oxygens (including phenoxy) is 2. The van der Waals surface area contributed by atoms with E-state index in [0.717, 1.165) is 12.1 Å². The Kier molecular flexibility index (Phi) is 6.57. The van der Waals surface area contributed by atoms with Gasteiger partial charge in [-0.25, -0.2) is 9.18 Å². The van der Waals surface area contributed by atoms with E-state index in [0.29, 0.717) is 5.75 Å². The van der Waals surface area contributed by atoms with E-state index in [1.165, 1.54) is 6.07 Å². The molecule has 0 unspecified atom stereocenters. The Morgan fingerprint density at radius 1 is 1.12 bits per heavy atom. The van der Waals surface area contributed by atoms with Crippen LogP contribution in [0.15, 0.2) is 48.5 Å². The molecule has 2 rings (SSSR count). The van der Waals surface area contributed by atoms with Crippen LogP contribution in [0, 0.1) is 5.82 Å². The van der Waals surface area contributed by atoms with Crippen LogP contribution in [0.2, 0.25) is 5.02 Å². The molecule has 7 heteroatoms. The lowest BCUT2D eigenvalue weighted by Crippen LogP contribution is -2.32. The Bertz CT molecular complexity index is 709. The zero-order valence-electron chi connectivity index (χ0n) is 12.6. The molecule has 0 aliphatic heterocycles. The molecule has 0 radical (unpaired) electrons. The van der Waals surface area contributed by atoms with Crippen LogP contribution in [-0.4, -0.2) is 31.6 Å². The van der Waals surface area contributed by atoms with E-state index in [1.54, 1.807) is 12.1 Å². The molecule has 24 heavy (non-hydrogen) atoms. The van der Waals surface area contributed by atoms with E-state index in [9.17, 15) is 14.0 Å². The minimum absolute atomic E-state index is 0.200. The van der Waals surface area contributed by atoms with Crippen molar-refractivity contribution < 1.29 is 23.5 Å². The maximum absolute atomic E-state index is 13.5. The zero-order valence-corrected chi connectivity index (χ0v) is 13.4. The summed E-state index contributed by atoms with van der Waals surface area (Å²) in [6, 6.07) is 12.6. The van der Waals surface area contributed by atoms with Crippen LogP contribution in [-0.2, 0) is 9.53 Å². The first-order valence-corrected chi connectivity index (χ1v) is 7.51. The van der Waals surface area contributed by atoms with Crippen LogP contribution < -0.4 is 10.1 Å². The molecular formula is C17H15ClFNO4. The average Bonchev–Trinajstić information content (AvgIpc) is 2.59. The second-order valence-corrected chi connectivity index (χ2v) is 5.15. The molecule has 0 atom stereocenters. The van der Waals surface area contributed by atoms with Gasteiger partial charge in [0.2, 0.25) is 0 Å². The van der Waals surface area contributed by atoms with E-state index in [1.807, 2.05) is 18.2 Å². The number of esters is 1. The zero-order chi connectivity index (χ0) is 17.4. The maximum Gasteiger partial charge on any atom is 0.341 e. The SMILES string of the molecule is O=C(COC(=O)c1cc(Cl)ccc1F)NCCOc1ccccc1. The molecule has 0 heterocycles. The van der Waals surface area contributed by atoms with Crippen molar-refractivity contribution in [2.75, 3.05) is 19.8 Å². The number of halogens is 2. The van der Waals surface area contributed by atoms with Crippen LogP contribution in [0.25, 0.3) is 0 Å². The van der Waals surface area contributed by atoms with Gasteiger partial charge in [0.05, 0.1) is 12.1 Å². The van der Waals surface area contributed by atoms with Gasteiger partial charge < -0.3 is 14.8 Å². The average molecular weight is 352 g/mol. The molecule has 2 aromatic rings. The highest BCUT2D eigenvalue weighted by atomic mass is 35.5. The van der Waals surface area contributed by atoms with Gasteiger partial charge >= 0.3 is 5.97 Å². The highest BCUT2D eigenvalue weighted by Gasteiger charge is 2.15. The summed E-state index contributed by atoms with van der Waals surface area (Å²) in [4.78, 5) is 23.3. The van der Waals surface area contributed by atoms with Crippen LogP contribution >= 0.6 is 11.6 Å². The summed E-state index contributed by atoms with van der Waals surface area (Å²) in [6.45, 7) is -0.000447. The smallest absolute Gasteiger partial charge is 0.341 e. The molecule has 1 amide bonds. The molecule has 5 nitrogen and oxygen atoms in total. The molecule has 0 fully saturated rings. The van der Waals surface area contributed by atoms with Crippen LogP contribution in [0.4, 0.5) is 4.39 Å². The fourth-order valence-corrected chi connectivity index (χ4v) is 1.96. The van der Waals surface area contributed by atoms with E-state index >= 15 is 0 Å². The second-order valence-electron chi connectivity index (χ2n) is 4.71. The third-order valence-corrected chi connectivity index (χ3v) is 3.15. The number of hydrogen-bond donors (Lipinski definition) is 1. The second kappa shape index (κ2) is 8.88. The molecule has 0 spiro atoms. The summed E-state index contributed by atoms with van der Waals surface area (Å²) in [6.07, 6.45) is 0. The van der Waals surface area contributed by atoms with Crippen LogP contribution in [0.5, 0.6) is 5.75 Å². The van der Waals surface area contributed by atoms with Crippen molar-refractivity contribution in [1.82, 2.24) is 5.32 Å². The molecule has 0 aliphatic carbocycles. The fourth-order valence-electron chi connectivity index (χ4n) is 1.79. The quantitative estimate of drug-likeness (QED) is 0.615. The van der Waals surface area contributed by atoms with Crippen molar-refractivity contribution in [1.29, 1.82) is 0 Å². The normalized spacial score (nSPS) is 10.1. The summed E-state index contributed by atoms with van der Waals surface area (Å²) in [7, 11) is 0. The molecule has 1 N–H and O–H groups in total. The molecule has 126 valence electrons. The predicted molar refractivity (Wildman–Crippen MR) is 86.6 cm³/mol. The number of rotatable bonds is 7. The Hall–Kier alpha value is -2.60. The lowest BCUT2D eigenvalue weighted by molar-refractivity contribution is -0.124. The third kappa shape index (κ3) is 5.55. The Labute approximate surface area is 143 Å². The monoisotopic (exact) mass is 351 g/mol. The first kappa shape index (κ1) is 17.7. The number of carbonyl (C=O) groups is 2. The molecule has 0 bridgehead atoms. The minimum atomic E-state index is -0.953. The topological polar surface area (TPSA) is 64.6 Å². The van der Waals surface area contributed by atoms with Gasteiger partial charge in [0.15, 0.2) is 6.61 Å². The number of carbonyl (C=O) groups excluding carboxylic acids is 2. The molecule has 0 saturated carbocycles. The van der Waals surface area contributed by atoms with Gasteiger partial charge in [0.25, 0.3) is 5.91 Å². The number of benzene rings is 2. The van der Waals surface area contributed by atoms with E-state index in [4.69, 9.17) is 21.1 Å². The summed E-state index contributed by atoms with van der Waals surface area (Å²) in [5.41, 5.74) is -0.317. The van der Waals surface area contributed by atoms with Crippen molar-refractivity contribution in [3.63, 3.8) is 0 Å². The molecule has 0 aromatic heterocycles. The molecule has 0 saturated heterocycles. The third-order valence-electron chi connectivity index (χ3n) is 2.92. The Balaban J connectivity index is 1.69. The van der Waals surface area contributed by atoms with Gasteiger partial charge in [-0.2, -0.15) is 0 Å². The predicted octanol–water partition coefficient (Wildman–Crippen LogP) is 2.83. The lowest BCUT2D eigenvalue weighted by atomic mass is 10.2. The number of amides is 1. The van der Waals surface area contributed by atoms with Crippen molar-refractivity contribution in [3.05, 3.63) is 64.9 Å². The first-order valence-electron chi connectivity index (χ1n) is 7.13. The number of para-hydroxylation sites is 1.